The monoisotopic (exact) mass is 514 g/mol. The highest BCUT2D eigenvalue weighted by atomic mass is 35.5. The second kappa shape index (κ2) is 21.1. The zero-order chi connectivity index (χ0) is 24.9. The van der Waals surface area contributed by atoms with Gasteiger partial charge in [0.05, 0.1) is 11.6 Å². The van der Waals surface area contributed by atoms with Crippen LogP contribution >= 0.6 is 23.2 Å². The van der Waals surface area contributed by atoms with E-state index in [1.54, 1.807) is 12.1 Å². The standard InChI is InChI=1S/C28H44Cl2O4/c1-2-3-4-5-6-7-8-9-10-11-12-13-14-15-16-22-33-27(31)18-17-19-28(32)34-26-23-24(29)20-21-25(26)30/h20-21,23H,2-19,22H2,1H3. The zero-order valence-corrected chi connectivity index (χ0v) is 22.6. The van der Waals surface area contributed by atoms with E-state index in [9.17, 15) is 9.59 Å². The third-order valence-corrected chi connectivity index (χ3v) is 6.44. The summed E-state index contributed by atoms with van der Waals surface area (Å²) in [4.78, 5) is 23.7. The van der Waals surface area contributed by atoms with Crippen LogP contribution in [0.15, 0.2) is 18.2 Å². The van der Waals surface area contributed by atoms with E-state index >= 15 is 0 Å². The molecule has 0 saturated heterocycles. The van der Waals surface area contributed by atoms with Gasteiger partial charge in [-0.2, -0.15) is 0 Å². The molecule has 0 unspecified atom stereocenters. The molecule has 0 aromatic heterocycles. The van der Waals surface area contributed by atoms with Crippen molar-refractivity contribution in [2.75, 3.05) is 6.61 Å². The van der Waals surface area contributed by atoms with Crippen molar-refractivity contribution >= 4 is 35.1 Å². The third kappa shape index (κ3) is 17.2. The molecule has 0 saturated carbocycles. The quantitative estimate of drug-likeness (QED) is 0.0929. The highest BCUT2D eigenvalue weighted by Crippen LogP contribution is 2.28. The van der Waals surface area contributed by atoms with Gasteiger partial charge in [-0.3, -0.25) is 9.59 Å². The van der Waals surface area contributed by atoms with Crippen LogP contribution in [0.1, 0.15) is 122 Å². The van der Waals surface area contributed by atoms with Gasteiger partial charge >= 0.3 is 11.9 Å². The van der Waals surface area contributed by atoms with E-state index in [0.717, 1.165) is 12.8 Å². The Morgan fingerprint density at radius 3 is 1.74 bits per heavy atom. The summed E-state index contributed by atoms with van der Waals surface area (Å²) in [6.45, 7) is 2.72. The van der Waals surface area contributed by atoms with Crippen LogP contribution in [0.4, 0.5) is 0 Å². The van der Waals surface area contributed by atoms with Crippen molar-refractivity contribution in [1.29, 1.82) is 0 Å². The molecule has 0 heterocycles. The molecule has 0 bridgehead atoms. The SMILES string of the molecule is CCCCCCCCCCCCCCCCCOC(=O)CCCC(=O)Oc1cc(Cl)ccc1Cl. The number of halogens is 2. The van der Waals surface area contributed by atoms with Gasteiger partial charge in [0, 0.05) is 23.9 Å². The molecule has 0 atom stereocenters. The van der Waals surface area contributed by atoms with E-state index in [1.165, 1.54) is 89.5 Å². The first kappa shape index (κ1) is 30.8. The average molecular weight is 516 g/mol. The zero-order valence-electron chi connectivity index (χ0n) is 21.1. The van der Waals surface area contributed by atoms with Gasteiger partial charge < -0.3 is 9.47 Å². The number of hydrogen-bond donors (Lipinski definition) is 0. The Bertz CT molecular complexity index is 678. The molecular formula is C28H44Cl2O4. The maximum atomic E-state index is 11.9. The molecule has 1 aromatic carbocycles. The van der Waals surface area contributed by atoms with Crippen LogP contribution in [-0.4, -0.2) is 18.5 Å². The maximum Gasteiger partial charge on any atom is 0.311 e. The lowest BCUT2D eigenvalue weighted by Gasteiger charge is -2.07. The van der Waals surface area contributed by atoms with Gasteiger partial charge in [-0.15, -0.1) is 0 Å². The Balaban J connectivity index is 1.86. The van der Waals surface area contributed by atoms with Gasteiger partial charge in [0.25, 0.3) is 0 Å². The second-order valence-corrected chi connectivity index (χ2v) is 9.92. The average Bonchev–Trinajstić information content (AvgIpc) is 2.81. The van der Waals surface area contributed by atoms with Crippen LogP contribution < -0.4 is 4.74 Å². The third-order valence-electron chi connectivity index (χ3n) is 5.89. The maximum absolute atomic E-state index is 11.9. The predicted molar refractivity (Wildman–Crippen MR) is 142 cm³/mol. The number of rotatable bonds is 21. The van der Waals surface area contributed by atoms with E-state index in [1.807, 2.05) is 0 Å². The number of carbonyl (C=O) groups is 2. The van der Waals surface area contributed by atoms with Crippen LogP contribution in [0, 0.1) is 0 Å². The highest BCUT2D eigenvalue weighted by molar-refractivity contribution is 6.34. The Labute approximate surface area is 217 Å². The number of carbonyl (C=O) groups excluding carboxylic acids is 2. The van der Waals surface area contributed by atoms with Crippen molar-refractivity contribution in [1.82, 2.24) is 0 Å². The first-order valence-corrected chi connectivity index (χ1v) is 14.1. The van der Waals surface area contributed by atoms with E-state index in [2.05, 4.69) is 6.92 Å². The van der Waals surface area contributed by atoms with E-state index in [-0.39, 0.29) is 24.6 Å². The molecule has 0 N–H and O–H groups in total. The molecule has 1 aromatic rings. The number of unbranched alkanes of at least 4 members (excludes halogenated alkanes) is 14. The topological polar surface area (TPSA) is 52.6 Å². The molecular weight excluding hydrogens is 471 g/mol. The smallest absolute Gasteiger partial charge is 0.311 e. The minimum atomic E-state index is -0.445. The fourth-order valence-electron chi connectivity index (χ4n) is 3.84. The van der Waals surface area contributed by atoms with E-state index in [4.69, 9.17) is 32.7 Å². The van der Waals surface area contributed by atoms with Crippen molar-refractivity contribution in [3.63, 3.8) is 0 Å². The lowest BCUT2D eigenvalue weighted by atomic mass is 10.0. The van der Waals surface area contributed by atoms with Gasteiger partial charge in [-0.25, -0.2) is 0 Å². The fourth-order valence-corrected chi connectivity index (χ4v) is 4.16. The second-order valence-electron chi connectivity index (χ2n) is 9.07. The Morgan fingerprint density at radius 2 is 1.18 bits per heavy atom. The van der Waals surface area contributed by atoms with Crippen molar-refractivity contribution in [2.24, 2.45) is 0 Å². The molecule has 0 aliphatic heterocycles. The van der Waals surface area contributed by atoms with Crippen molar-refractivity contribution < 1.29 is 19.1 Å². The summed E-state index contributed by atoms with van der Waals surface area (Å²) in [6, 6.07) is 4.69. The molecule has 0 radical (unpaired) electrons. The fraction of sp³-hybridized carbons (Fsp3) is 0.714. The lowest BCUT2D eigenvalue weighted by Crippen LogP contribution is -2.10. The number of ether oxygens (including phenoxy) is 2. The summed E-state index contributed by atoms with van der Waals surface area (Å²) in [5.74, 6) is -0.478. The first-order chi connectivity index (χ1) is 16.5. The van der Waals surface area contributed by atoms with E-state index in [0.29, 0.717) is 23.1 Å². The van der Waals surface area contributed by atoms with Crippen LogP contribution in [0.2, 0.25) is 10.0 Å². The highest BCUT2D eigenvalue weighted by Gasteiger charge is 2.11. The van der Waals surface area contributed by atoms with Crippen molar-refractivity contribution in [2.45, 2.75) is 122 Å². The molecule has 34 heavy (non-hydrogen) atoms. The minimum Gasteiger partial charge on any atom is -0.466 e. The number of esters is 2. The summed E-state index contributed by atoms with van der Waals surface area (Å²) >= 11 is 11.8. The summed E-state index contributed by atoms with van der Waals surface area (Å²) in [5, 5.41) is 0.759. The molecule has 1 rings (SSSR count). The number of hydrogen-bond acceptors (Lipinski definition) is 4. The van der Waals surface area contributed by atoms with Crippen LogP contribution in [0.5, 0.6) is 5.75 Å². The van der Waals surface area contributed by atoms with E-state index < -0.39 is 5.97 Å². The van der Waals surface area contributed by atoms with Crippen LogP contribution in [0.25, 0.3) is 0 Å². The molecule has 0 spiro atoms. The molecule has 194 valence electrons. The summed E-state index contributed by atoms with van der Waals surface area (Å²) in [5.41, 5.74) is 0. The van der Waals surface area contributed by atoms with Crippen molar-refractivity contribution in [3.05, 3.63) is 28.2 Å². The van der Waals surface area contributed by atoms with Gasteiger partial charge in [-0.05, 0) is 25.0 Å². The minimum absolute atomic E-state index is 0.122. The van der Waals surface area contributed by atoms with Gasteiger partial charge in [0.15, 0.2) is 5.75 Å². The van der Waals surface area contributed by atoms with Crippen LogP contribution in [-0.2, 0) is 14.3 Å². The van der Waals surface area contributed by atoms with Crippen LogP contribution in [0.3, 0.4) is 0 Å². The molecule has 0 aliphatic rings. The predicted octanol–water partition coefficient (Wildman–Crippen LogP) is 9.48. The molecule has 0 aliphatic carbocycles. The largest absolute Gasteiger partial charge is 0.466 e. The normalized spacial score (nSPS) is 10.9. The summed E-state index contributed by atoms with van der Waals surface area (Å²) < 4.78 is 10.5. The molecule has 0 amide bonds. The lowest BCUT2D eigenvalue weighted by molar-refractivity contribution is -0.144. The first-order valence-electron chi connectivity index (χ1n) is 13.3. The molecule has 0 fully saturated rings. The Morgan fingerprint density at radius 1 is 0.676 bits per heavy atom. The Kier molecular flexibility index (Phi) is 19.1. The molecule has 6 heteroatoms. The van der Waals surface area contributed by atoms with Crippen molar-refractivity contribution in [3.8, 4) is 5.75 Å². The number of benzene rings is 1. The van der Waals surface area contributed by atoms with Gasteiger partial charge in [0.2, 0.25) is 0 Å². The summed E-state index contributed by atoms with van der Waals surface area (Å²) in [7, 11) is 0. The van der Waals surface area contributed by atoms with Gasteiger partial charge in [-0.1, -0.05) is 120 Å². The summed E-state index contributed by atoms with van der Waals surface area (Å²) in [6.07, 6.45) is 20.3. The van der Waals surface area contributed by atoms with Gasteiger partial charge in [0.1, 0.15) is 0 Å². The molecule has 4 nitrogen and oxygen atoms in total. The Hall–Kier alpha value is -1.26.